The van der Waals surface area contributed by atoms with Crippen LogP contribution in [0.5, 0.6) is 0 Å². The fourth-order valence-corrected chi connectivity index (χ4v) is 3.52. The monoisotopic (exact) mass is 345 g/mol. The normalized spacial score (nSPS) is 18.2. The van der Waals surface area contributed by atoms with E-state index in [1.165, 1.54) is 44.2 Å². The average molecular weight is 346 g/mol. The highest BCUT2D eigenvalue weighted by Crippen LogP contribution is 2.28. The highest BCUT2D eigenvalue weighted by atomic mass is 79.9. The highest BCUT2D eigenvalue weighted by Gasteiger charge is 2.22. The van der Waals surface area contributed by atoms with Gasteiger partial charge in [0.2, 0.25) is 0 Å². The smallest absolute Gasteiger partial charge is 0.144 e. The summed E-state index contributed by atoms with van der Waals surface area (Å²) in [6.45, 7) is 2.39. The molecule has 1 fully saturated rings. The van der Waals surface area contributed by atoms with Crippen LogP contribution in [0.4, 0.5) is 8.78 Å². The lowest BCUT2D eigenvalue weighted by Gasteiger charge is -2.30. The second-order valence-corrected chi connectivity index (χ2v) is 6.47. The van der Waals surface area contributed by atoms with Gasteiger partial charge in [-0.2, -0.15) is 0 Å². The summed E-state index contributed by atoms with van der Waals surface area (Å²) in [6, 6.07) is 3.08. The van der Waals surface area contributed by atoms with Crippen LogP contribution in [-0.2, 0) is 6.54 Å². The van der Waals surface area contributed by atoms with Crippen LogP contribution < -0.4 is 5.32 Å². The van der Waals surface area contributed by atoms with Gasteiger partial charge in [0.05, 0.1) is 4.47 Å². The third-order valence-corrected chi connectivity index (χ3v) is 4.95. The fourth-order valence-electron chi connectivity index (χ4n) is 3.15. The zero-order valence-corrected chi connectivity index (χ0v) is 13.5. The molecular formula is C16H22BrF2N. The van der Waals surface area contributed by atoms with Crippen molar-refractivity contribution in [2.24, 2.45) is 5.92 Å². The van der Waals surface area contributed by atoms with E-state index in [1.807, 2.05) is 0 Å². The van der Waals surface area contributed by atoms with E-state index in [0.29, 0.717) is 16.4 Å². The Balaban J connectivity index is 2.01. The SMILES string of the molecule is CCC(NCc1c(F)ccc(Br)c1F)C1CCCCC1. The lowest BCUT2D eigenvalue weighted by atomic mass is 9.83. The molecule has 2 rings (SSSR count). The molecule has 0 saturated heterocycles. The van der Waals surface area contributed by atoms with Crippen LogP contribution in [-0.4, -0.2) is 6.04 Å². The van der Waals surface area contributed by atoms with Gasteiger partial charge in [-0.25, -0.2) is 8.78 Å². The van der Waals surface area contributed by atoms with E-state index in [1.54, 1.807) is 0 Å². The molecule has 0 aliphatic heterocycles. The second kappa shape index (κ2) is 7.51. The Labute approximate surface area is 128 Å². The maximum Gasteiger partial charge on any atom is 0.144 e. The molecule has 1 aromatic carbocycles. The van der Waals surface area contributed by atoms with E-state index in [2.05, 4.69) is 28.2 Å². The molecule has 4 heteroatoms. The van der Waals surface area contributed by atoms with E-state index in [9.17, 15) is 8.78 Å². The molecule has 0 heterocycles. The Bertz CT molecular complexity index is 444. The zero-order chi connectivity index (χ0) is 14.5. The van der Waals surface area contributed by atoms with Gasteiger partial charge in [0.25, 0.3) is 0 Å². The van der Waals surface area contributed by atoms with Crippen molar-refractivity contribution >= 4 is 15.9 Å². The van der Waals surface area contributed by atoms with Crippen molar-refractivity contribution in [1.82, 2.24) is 5.32 Å². The van der Waals surface area contributed by atoms with Gasteiger partial charge < -0.3 is 5.32 Å². The molecule has 1 saturated carbocycles. The van der Waals surface area contributed by atoms with Gasteiger partial charge in [-0.05, 0) is 53.2 Å². The molecule has 1 atom stereocenters. The highest BCUT2D eigenvalue weighted by molar-refractivity contribution is 9.10. The molecule has 112 valence electrons. The van der Waals surface area contributed by atoms with Gasteiger partial charge in [0.1, 0.15) is 11.6 Å². The molecule has 1 aliphatic carbocycles. The fraction of sp³-hybridized carbons (Fsp3) is 0.625. The minimum atomic E-state index is -0.490. The van der Waals surface area contributed by atoms with Crippen LogP contribution in [0.1, 0.15) is 51.0 Å². The van der Waals surface area contributed by atoms with Crippen molar-refractivity contribution in [3.05, 3.63) is 33.8 Å². The van der Waals surface area contributed by atoms with Crippen molar-refractivity contribution in [3.63, 3.8) is 0 Å². The molecule has 0 spiro atoms. The third-order valence-electron chi connectivity index (χ3n) is 4.34. The molecule has 0 bridgehead atoms. The molecule has 0 radical (unpaired) electrons. The largest absolute Gasteiger partial charge is 0.309 e. The Morgan fingerprint density at radius 3 is 2.60 bits per heavy atom. The number of nitrogens with one attached hydrogen (secondary N) is 1. The van der Waals surface area contributed by atoms with Crippen molar-refractivity contribution in [1.29, 1.82) is 0 Å². The Hall–Kier alpha value is -0.480. The third kappa shape index (κ3) is 3.79. The van der Waals surface area contributed by atoms with Crippen LogP contribution in [0.2, 0.25) is 0 Å². The molecule has 1 unspecified atom stereocenters. The lowest BCUT2D eigenvalue weighted by molar-refractivity contribution is 0.260. The molecular weight excluding hydrogens is 324 g/mol. The van der Waals surface area contributed by atoms with Crippen molar-refractivity contribution in [3.8, 4) is 0 Å². The molecule has 1 N–H and O–H groups in total. The summed E-state index contributed by atoms with van der Waals surface area (Å²) in [5.41, 5.74) is 0.133. The molecule has 1 nitrogen and oxygen atoms in total. The Morgan fingerprint density at radius 2 is 1.95 bits per heavy atom. The van der Waals surface area contributed by atoms with Crippen LogP contribution in [0, 0.1) is 17.6 Å². The summed E-state index contributed by atoms with van der Waals surface area (Å²) >= 11 is 3.11. The van der Waals surface area contributed by atoms with Gasteiger partial charge in [-0.15, -0.1) is 0 Å². The van der Waals surface area contributed by atoms with Crippen molar-refractivity contribution in [2.75, 3.05) is 0 Å². The lowest BCUT2D eigenvalue weighted by Crippen LogP contribution is -2.36. The maximum absolute atomic E-state index is 13.9. The van der Waals surface area contributed by atoms with Gasteiger partial charge in [0, 0.05) is 18.2 Å². The van der Waals surface area contributed by atoms with Crippen LogP contribution >= 0.6 is 15.9 Å². The van der Waals surface area contributed by atoms with E-state index in [-0.39, 0.29) is 12.1 Å². The standard InChI is InChI=1S/C16H22BrF2N/c1-2-15(11-6-4-3-5-7-11)20-10-12-14(18)9-8-13(17)16(12)19/h8-9,11,15,20H,2-7,10H2,1H3. The van der Waals surface area contributed by atoms with Gasteiger partial charge >= 0.3 is 0 Å². The van der Waals surface area contributed by atoms with Gasteiger partial charge in [-0.3, -0.25) is 0 Å². The minimum absolute atomic E-state index is 0.133. The van der Waals surface area contributed by atoms with E-state index in [4.69, 9.17) is 0 Å². The number of rotatable bonds is 5. The quantitative estimate of drug-likeness (QED) is 0.725. The first kappa shape index (κ1) is 15.9. The summed E-state index contributed by atoms with van der Waals surface area (Å²) < 4.78 is 28.0. The first-order chi connectivity index (χ1) is 9.63. The topological polar surface area (TPSA) is 12.0 Å². The van der Waals surface area contributed by atoms with Gasteiger partial charge in [0.15, 0.2) is 0 Å². The molecule has 0 amide bonds. The van der Waals surface area contributed by atoms with E-state index in [0.717, 1.165) is 6.42 Å². The first-order valence-corrected chi connectivity index (χ1v) is 8.28. The summed E-state index contributed by atoms with van der Waals surface area (Å²) in [5.74, 6) is -0.320. The minimum Gasteiger partial charge on any atom is -0.309 e. The van der Waals surface area contributed by atoms with Crippen LogP contribution in [0.25, 0.3) is 0 Å². The summed E-state index contributed by atoms with van der Waals surface area (Å²) in [7, 11) is 0. The predicted molar refractivity (Wildman–Crippen MR) is 81.6 cm³/mol. The van der Waals surface area contributed by atoms with E-state index >= 15 is 0 Å². The Morgan fingerprint density at radius 1 is 1.25 bits per heavy atom. The maximum atomic E-state index is 13.9. The summed E-state index contributed by atoms with van der Waals surface area (Å²) in [4.78, 5) is 0. The second-order valence-electron chi connectivity index (χ2n) is 5.62. The molecule has 1 aromatic rings. The Kier molecular flexibility index (Phi) is 5.97. The number of halogens is 3. The molecule has 0 aromatic heterocycles. The average Bonchev–Trinajstić information content (AvgIpc) is 2.48. The van der Waals surface area contributed by atoms with Crippen LogP contribution in [0.15, 0.2) is 16.6 Å². The number of hydrogen-bond donors (Lipinski definition) is 1. The predicted octanol–water partition coefficient (Wildman–Crippen LogP) is 5.18. The summed E-state index contributed by atoms with van der Waals surface area (Å²) in [6.07, 6.45) is 7.35. The number of hydrogen-bond acceptors (Lipinski definition) is 1. The first-order valence-electron chi connectivity index (χ1n) is 7.49. The molecule has 1 aliphatic rings. The zero-order valence-electron chi connectivity index (χ0n) is 11.9. The van der Waals surface area contributed by atoms with Gasteiger partial charge in [-0.1, -0.05) is 26.2 Å². The van der Waals surface area contributed by atoms with Crippen LogP contribution in [0.3, 0.4) is 0 Å². The van der Waals surface area contributed by atoms with Crippen molar-refractivity contribution in [2.45, 2.75) is 58.0 Å². The van der Waals surface area contributed by atoms with Crippen molar-refractivity contribution < 1.29 is 8.78 Å². The molecule has 20 heavy (non-hydrogen) atoms. The van der Waals surface area contributed by atoms with E-state index < -0.39 is 11.6 Å². The summed E-state index contributed by atoms with van der Waals surface area (Å²) in [5, 5.41) is 3.36. The number of benzene rings is 1.